The summed E-state index contributed by atoms with van der Waals surface area (Å²) in [6, 6.07) is 6.24. The van der Waals surface area contributed by atoms with Crippen LogP contribution in [-0.4, -0.2) is 27.0 Å². The van der Waals surface area contributed by atoms with E-state index >= 15 is 0 Å². The molecule has 1 amide bonds. The van der Waals surface area contributed by atoms with Crippen LogP contribution in [0.25, 0.3) is 10.2 Å². The summed E-state index contributed by atoms with van der Waals surface area (Å²) < 4.78 is 42.4. The first kappa shape index (κ1) is 18.8. The molecule has 3 aromatic rings. The van der Waals surface area contributed by atoms with Crippen LogP contribution in [0.15, 0.2) is 35.1 Å². The first-order valence-corrected chi connectivity index (χ1v) is 8.62. The van der Waals surface area contributed by atoms with Gasteiger partial charge in [-0.05, 0) is 24.6 Å². The van der Waals surface area contributed by atoms with Crippen molar-refractivity contribution in [1.29, 1.82) is 0 Å². The number of carbonyl (C=O) groups is 1. The molecule has 0 aliphatic heterocycles. The average Bonchev–Trinajstić information content (AvgIpc) is 2.97. The molecule has 2 aromatic heterocycles. The Morgan fingerprint density at radius 2 is 2.07 bits per heavy atom. The highest BCUT2D eigenvalue weighted by molar-refractivity contribution is 7.22. The van der Waals surface area contributed by atoms with Crippen molar-refractivity contribution in [3.05, 3.63) is 46.4 Å². The van der Waals surface area contributed by atoms with Gasteiger partial charge in [0.15, 0.2) is 5.13 Å². The summed E-state index contributed by atoms with van der Waals surface area (Å²) in [5.74, 6) is -0.949. The van der Waals surface area contributed by atoms with E-state index in [1.807, 2.05) is 6.92 Å². The lowest BCUT2D eigenvalue weighted by Crippen LogP contribution is -2.26. The molecule has 0 unspecified atom stereocenters. The zero-order valence-electron chi connectivity index (χ0n) is 13.9. The van der Waals surface area contributed by atoms with E-state index < -0.39 is 12.3 Å². The van der Waals surface area contributed by atoms with E-state index in [-0.39, 0.29) is 22.1 Å². The SMILES string of the molecule is CCCn1nc(C(=O)Nc2nc3ccc(OC(F)(F)F)cc3s2)ccc1=O. The Balaban J connectivity index is 1.81. The Bertz CT molecular complexity index is 1050. The molecule has 0 radical (unpaired) electrons. The third kappa shape index (κ3) is 4.61. The van der Waals surface area contributed by atoms with Gasteiger partial charge in [-0.2, -0.15) is 5.10 Å². The number of aromatic nitrogens is 3. The van der Waals surface area contributed by atoms with Crippen molar-refractivity contribution in [2.24, 2.45) is 0 Å². The van der Waals surface area contributed by atoms with Crippen LogP contribution >= 0.6 is 11.3 Å². The van der Waals surface area contributed by atoms with Crippen molar-refractivity contribution in [2.45, 2.75) is 26.3 Å². The Kier molecular flexibility index (Phi) is 5.13. The smallest absolute Gasteiger partial charge is 0.406 e. The minimum atomic E-state index is -4.79. The lowest BCUT2D eigenvalue weighted by molar-refractivity contribution is -0.274. The number of fused-ring (bicyclic) bond motifs is 1. The van der Waals surface area contributed by atoms with Crippen molar-refractivity contribution >= 4 is 32.6 Å². The van der Waals surface area contributed by atoms with Crippen LogP contribution in [0.5, 0.6) is 5.75 Å². The van der Waals surface area contributed by atoms with E-state index in [1.54, 1.807) is 0 Å². The summed E-state index contributed by atoms with van der Waals surface area (Å²) in [6.45, 7) is 2.25. The molecule has 0 saturated heterocycles. The topological polar surface area (TPSA) is 86.1 Å². The molecule has 7 nitrogen and oxygen atoms in total. The van der Waals surface area contributed by atoms with Crippen molar-refractivity contribution in [2.75, 3.05) is 5.32 Å². The Hall–Kier alpha value is -2.95. The van der Waals surface area contributed by atoms with E-state index in [4.69, 9.17) is 0 Å². The third-order valence-electron chi connectivity index (χ3n) is 3.35. The second kappa shape index (κ2) is 7.35. The lowest BCUT2D eigenvalue weighted by atomic mass is 10.3. The standard InChI is InChI=1S/C16H13F3N4O3S/c1-2-7-23-13(24)6-5-11(22-23)14(25)21-15-20-10-4-3-9(8-12(10)27-15)26-16(17,18)19/h3-6,8H,2,7H2,1H3,(H,20,21,25). The molecule has 0 spiro atoms. The number of benzene rings is 1. The number of alkyl halides is 3. The number of hydrogen-bond donors (Lipinski definition) is 1. The van der Waals surface area contributed by atoms with Crippen LogP contribution < -0.4 is 15.6 Å². The average molecular weight is 398 g/mol. The zero-order chi connectivity index (χ0) is 19.6. The highest BCUT2D eigenvalue weighted by Gasteiger charge is 2.31. The van der Waals surface area contributed by atoms with Gasteiger partial charge in [-0.25, -0.2) is 9.67 Å². The second-order valence-electron chi connectivity index (χ2n) is 5.43. The number of hydrogen-bond acceptors (Lipinski definition) is 6. The lowest BCUT2D eigenvalue weighted by Gasteiger charge is -2.07. The van der Waals surface area contributed by atoms with Gasteiger partial charge in [0.05, 0.1) is 10.2 Å². The molecule has 2 heterocycles. The predicted molar refractivity (Wildman–Crippen MR) is 93.0 cm³/mol. The maximum Gasteiger partial charge on any atom is 0.573 e. The molecule has 0 saturated carbocycles. The summed E-state index contributed by atoms with van der Waals surface area (Å²) in [5, 5.41) is 6.71. The van der Waals surface area contributed by atoms with E-state index in [9.17, 15) is 22.8 Å². The van der Waals surface area contributed by atoms with Crippen molar-refractivity contribution in [1.82, 2.24) is 14.8 Å². The molecule has 3 rings (SSSR count). The Labute approximate surface area is 154 Å². The van der Waals surface area contributed by atoms with Gasteiger partial charge in [0.25, 0.3) is 11.5 Å². The third-order valence-corrected chi connectivity index (χ3v) is 4.28. The molecule has 0 atom stereocenters. The quantitative estimate of drug-likeness (QED) is 0.712. The van der Waals surface area contributed by atoms with Gasteiger partial charge in [0, 0.05) is 18.7 Å². The van der Waals surface area contributed by atoms with Crippen LogP contribution in [0.2, 0.25) is 0 Å². The molecule has 1 N–H and O–H groups in total. The highest BCUT2D eigenvalue weighted by atomic mass is 32.1. The largest absolute Gasteiger partial charge is 0.573 e. The highest BCUT2D eigenvalue weighted by Crippen LogP contribution is 2.31. The van der Waals surface area contributed by atoms with E-state index in [0.717, 1.165) is 17.4 Å². The summed E-state index contributed by atoms with van der Waals surface area (Å²) >= 11 is 0.991. The van der Waals surface area contributed by atoms with Gasteiger partial charge in [-0.1, -0.05) is 18.3 Å². The minimum absolute atomic E-state index is 0.0309. The Morgan fingerprint density at radius 1 is 1.30 bits per heavy atom. The molecule has 11 heteroatoms. The Morgan fingerprint density at radius 3 is 2.78 bits per heavy atom. The monoisotopic (exact) mass is 398 g/mol. The summed E-state index contributed by atoms with van der Waals surface area (Å²) in [4.78, 5) is 28.1. The first-order valence-electron chi connectivity index (χ1n) is 7.81. The number of rotatable bonds is 5. The minimum Gasteiger partial charge on any atom is -0.406 e. The zero-order valence-corrected chi connectivity index (χ0v) is 14.7. The number of halogens is 3. The fourth-order valence-electron chi connectivity index (χ4n) is 2.26. The second-order valence-corrected chi connectivity index (χ2v) is 6.46. The number of amides is 1. The van der Waals surface area contributed by atoms with E-state index in [1.165, 1.54) is 28.9 Å². The molecule has 0 aliphatic rings. The maximum atomic E-state index is 12.3. The van der Waals surface area contributed by atoms with Crippen LogP contribution in [0, 0.1) is 0 Å². The van der Waals surface area contributed by atoms with Gasteiger partial charge in [0.2, 0.25) is 0 Å². The molecular weight excluding hydrogens is 385 g/mol. The summed E-state index contributed by atoms with van der Waals surface area (Å²) in [7, 11) is 0. The number of nitrogens with one attached hydrogen (secondary N) is 1. The fraction of sp³-hybridized carbons (Fsp3) is 0.250. The molecular formula is C16H13F3N4O3S. The van der Waals surface area contributed by atoms with Gasteiger partial charge in [0.1, 0.15) is 11.4 Å². The van der Waals surface area contributed by atoms with Gasteiger partial charge in [-0.15, -0.1) is 13.2 Å². The fourth-order valence-corrected chi connectivity index (χ4v) is 3.15. The van der Waals surface area contributed by atoms with Crippen LogP contribution in [0.1, 0.15) is 23.8 Å². The molecule has 27 heavy (non-hydrogen) atoms. The van der Waals surface area contributed by atoms with E-state index in [2.05, 4.69) is 20.1 Å². The summed E-state index contributed by atoms with van der Waals surface area (Å²) in [5.41, 5.74) is 0.128. The first-order chi connectivity index (χ1) is 12.7. The number of nitrogens with zero attached hydrogens (tertiary/aromatic N) is 3. The molecule has 0 bridgehead atoms. The molecule has 1 aromatic carbocycles. The number of carbonyl (C=O) groups excluding carboxylic acids is 1. The predicted octanol–water partition coefficient (Wildman–Crippen LogP) is 3.41. The van der Waals surface area contributed by atoms with Gasteiger partial charge >= 0.3 is 6.36 Å². The van der Waals surface area contributed by atoms with Gasteiger partial charge in [-0.3, -0.25) is 14.9 Å². The summed E-state index contributed by atoms with van der Waals surface area (Å²) in [6.07, 6.45) is -4.11. The van der Waals surface area contributed by atoms with Crippen LogP contribution in [-0.2, 0) is 6.54 Å². The molecule has 0 fully saturated rings. The molecule has 142 valence electrons. The molecule has 0 aliphatic carbocycles. The maximum absolute atomic E-state index is 12.3. The number of anilines is 1. The van der Waals surface area contributed by atoms with Crippen molar-refractivity contribution in [3.63, 3.8) is 0 Å². The normalized spacial score (nSPS) is 11.6. The number of thiazole rings is 1. The van der Waals surface area contributed by atoms with Crippen LogP contribution in [0.4, 0.5) is 18.3 Å². The van der Waals surface area contributed by atoms with Crippen molar-refractivity contribution in [3.8, 4) is 5.75 Å². The number of ether oxygens (including phenoxy) is 1. The van der Waals surface area contributed by atoms with Crippen molar-refractivity contribution < 1.29 is 22.7 Å². The van der Waals surface area contributed by atoms with Gasteiger partial charge < -0.3 is 4.74 Å². The van der Waals surface area contributed by atoms with E-state index in [0.29, 0.717) is 23.2 Å². The number of aryl methyl sites for hydroxylation is 1. The van der Waals surface area contributed by atoms with Crippen LogP contribution in [0.3, 0.4) is 0 Å².